The van der Waals surface area contributed by atoms with Crippen LogP contribution in [-0.4, -0.2) is 28.9 Å². The van der Waals surface area contributed by atoms with Gasteiger partial charge in [-0.05, 0) is 62.1 Å². The molecule has 1 atom stereocenters. The molecule has 0 N–H and O–H groups in total. The Morgan fingerprint density at radius 2 is 1.65 bits per heavy atom. The van der Waals surface area contributed by atoms with Gasteiger partial charge in [-0.15, -0.1) is 0 Å². The van der Waals surface area contributed by atoms with E-state index >= 15 is 0 Å². The fourth-order valence-corrected chi connectivity index (χ4v) is 4.24. The first-order chi connectivity index (χ1) is 16.3. The molecule has 0 aromatic heterocycles. The van der Waals surface area contributed by atoms with E-state index in [1.165, 1.54) is 0 Å². The van der Waals surface area contributed by atoms with Crippen molar-refractivity contribution in [3.63, 3.8) is 0 Å². The predicted molar refractivity (Wildman–Crippen MR) is 132 cm³/mol. The zero-order chi connectivity index (χ0) is 24.1. The first-order valence-corrected chi connectivity index (χ1v) is 11.7. The summed E-state index contributed by atoms with van der Waals surface area (Å²) in [4.78, 5) is 28.0. The number of rotatable bonds is 7. The second kappa shape index (κ2) is 10.1. The van der Waals surface area contributed by atoms with Crippen molar-refractivity contribution in [2.24, 2.45) is 0 Å². The minimum absolute atomic E-state index is 0.0757. The molecule has 0 saturated heterocycles. The average Bonchev–Trinajstić information content (AvgIpc) is 2.82. The molecule has 5 nitrogen and oxygen atoms in total. The highest BCUT2D eigenvalue weighted by atomic mass is 16.6. The van der Waals surface area contributed by atoms with Crippen molar-refractivity contribution in [1.82, 2.24) is 4.90 Å². The van der Waals surface area contributed by atoms with Gasteiger partial charge in [-0.3, -0.25) is 9.59 Å². The number of ether oxygens (including phenoxy) is 2. The Bertz CT molecular complexity index is 1140. The van der Waals surface area contributed by atoms with Crippen LogP contribution in [0.3, 0.4) is 0 Å². The zero-order valence-corrected chi connectivity index (χ0v) is 20.0. The van der Waals surface area contributed by atoms with Crippen LogP contribution in [0.15, 0.2) is 78.9 Å². The van der Waals surface area contributed by atoms with Crippen LogP contribution in [-0.2, 0) is 22.6 Å². The summed E-state index contributed by atoms with van der Waals surface area (Å²) in [7, 11) is 0. The molecule has 4 rings (SSSR count). The smallest absolute Gasteiger partial charge is 0.308 e. The zero-order valence-electron chi connectivity index (χ0n) is 20.0. The number of amides is 1. The lowest BCUT2D eigenvalue weighted by molar-refractivity contribution is -0.156. The highest BCUT2D eigenvalue weighted by Crippen LogP contribution is 2.32. The van der Waals surface area contributed by atoms with E-state index in [1.54, 1.807) is 4.90 Å². The Morgan fingerprint density at radius 3 is 2.32 bits per heavy atom. The summed E-state index contributed by atoms with van der Waals surface area (Å²) in [6.45, 7) is 6.55. The number of esters is 1. The number of nitrogens with zero attached hydrogens (tertiary/aromatic N) is 1. The van der Waals surface area contributed by atoms with Gasteiger partial charge >= 0.3 is 5.97 Å². The molecule has 0 bridgehead atoms. The molecule has 1 aliphatic heterocycles. The topological polar surface area (TPSA) is 55.8 Å². The van der Waals surface area contributed by atoms with Crippen molar-refractivity contribution in [3.8, 4) is 5.75 Å². The highest BCUT2D eigenvalue weighted by molar-refractivity contribution is 5.97. The van der Waals surface area contributed by atoms with Crippen LogP contribution in [0.25, 0.3) is 0 Å². The van der Waals surface area contributed by atoms with Gasteiger partial charge in [-0.2, -0.15) is 0 Å². The van der Waals surface area contributed by atoms with Crippen LogP contribution >= 0.6 is 0 Å². The lowest BCUT2D eigenvalue weighted by Crippen LogP contribution is -2.41. The molecule has 0 saturated carbocycles. The summed E-state index contributed by atoms with van der Waals surface area (Å²) in [6, 6.07) is 24.9. The summed E-state index contributed by atoms with van der Waals surface area (Å²) < 4.78 is 11.5. The standard InChI is InChI=1S/C29H31NO4/c1-29(2,3)34-27(31)19-26(22-12-8-5-9-13-22)30-17-16-23-18-24(14-15-25(23)28(30)32)33-20-21-10-6-4-7-11-21/h4-15,18,26H,16-17,19-20H2,1-3H3. The summed E-state index contributed by atoms with van der Waals surface area (Å²) in [5.74, 6) is 0.357. The van der Waals surface area contributed by atoms with Crippen molar-refractivity contribution in [2.45, 2.75) is 51.9 Å². The Labute approximate surface area is 201 Å². The van der Waals surface area contributed by atoms with Gasteiger partial charge in [0.2, 0.25) is 0 Å². The van der Waals surface area contributed by atoms with Crippen LogP contribution in [0.2, 0.25) is 0 Å². The molecule has 0 radical (unpaired) electrons. The Morgan fingerprint density at radius 1 is 0.971 bits per heavy atom. The van der Waals surface area contributed by atoms with Crippen LogP contribution in [0.1, 0.15) is 60.3 Å². The lowest BCUT2D eigenvalue weighted by Gasteiger charge is -2.36. The van der Waals surface area contributed by atoms with E-state index in [1.807, 2.05) is 99.6 Å². The number of fused-ring (bicyclic) bond motifs is 1. The molecule has 1 heterocycles. The molecule has 0 aliphatic carbocycles. The van der Waals surface area contributed by atoms with Gasteiger partial charge in [0.15, 0.2) is 0 Å². The predicted octanol–water partition coefficient (Wildman–Crippen LogP) is 5.74. The fourth-order valence-electron chi connectivity index (χ4n) is 4.24. The summed E-state index contributed by atoms with van der Waals surface area (Å²) in [6.07, 6.45) is 0.807. The number of benzene rings is 3. The second-order valence-corrected chi connectivity index (χ2v) is 9.56. The minimum atomic E-state index is -0.576. The minimum Gasteiger partial charge on any atom is -0.489 e. The number of carbonyl (C=O) groups excluding carboxylic acids is 2. The maximum absolute atomic E-state index is 13.5. The van der Waals surface area contributed by atoms with Gasteiger partial charge in [0.1, 0.15) is 18.0 Å². The summed E-state index contributed by atoms with van der Waals surface area (Å²) in [5, 5.41) is 0. The molecule has 0 spiro atoms. The number of hydrogen-bond acceptors (Lipinski definition) is 4. The molecule has 3 aromatic rings. The van der Waals surface area contributed by atoms with Crippen LogP contribution < -0.4 is 4.74 Å². The molecule has 3 aromatic carbocycles. The van der Waals surface area contributed by atoms with Crippen molar-refractivity contribution in [3.05, 3.63) is 101 Å². The van der Waals surface area contributed by atoms with E-state index in [4.69, 9.17) is 9.47 Å². The van der Waals surface area contributed by atoms with Crippen LogP contribution in [0.4, 0.5) is 0 Å². The van der Waals surface area contributed by atoms with E-state index in [0.29, 0.717) is 25.1 Å². The van der Waals surface area contributed by atoms with Gasteiger partial charge in [0.25, 0.3) is 5.91 Å². The Balaban J connectivity index is 1.53. The quantitative estimate of drug-likeness (QED) is 0.425. The summed E-state index contributed by atoms with van der Waals surface area (Å²) >= 11 is 0. The van der Waals surface area contributed by atoms with Gasteiger partial charge in [0, 0.05) is 12.1 Å². The molecule has 176 valence electrons. The van der Waals surface area contributed by atoms with E-state index < -0.39 is 5.60 Å². The fraction of sp³-hybridized carbons (Fsp3) is 0.310. The van der Waals surface area contributed by atoms with Gasteiger partial charge < -0.3 is 14.4 Å². The third-order valence-corrected chi connectivity index (χ3v) is 5.78. The van der Waals surface area contributed by atoms with E-state index in [0.717, 1.165) is 22.4 Å². The van der Waals surface area contributed by atoms with Crippen molar-refractivity contribution in [1.29, 1.82) is 0 Å². The van der Waals surface area contributed by atoms with Crippen molar-refractivity contribution >= 4 is 11.9 Å². The maximum atomic E-state index is 13.5. The van der Waals surface area contributed by atoms with Crippen LogP contribution in [0.5, 0.6) is 5.75 Å². The molecule has 34 heavy (non-hydrogen) atoms. The Hall–Kier alpha value is -3.60. The van der Waals surface area contributed by atoms with Gasteiger partial charge in [-0.25, -0.2) is 0 Å². The van der Waals surface area contributed by atoms with E-state index in [2.05, 4.69) is 0 Å². The highest BCUT2D eigenvalue weighted by Gasteiger charge is 2.33. The van der Waals surface area contributed by atoms with Crippen molar-refractivity contribution < 1.29 is 19.1 Å². The monoisotopic (exact) mass is 457 g/mol. The van der Waals surface area contributed by atoms with E-state index in [-0.39, 0.29) is 24.3 Å². The summed E-state index contributed by atoms with van der Waals surface area (Å²) in [5.41, 5.74) is 3.06. The van der Waals surface area contributed by atoms with Gasteiger partial charge in [-0.1, -0.05) is 60.7 Å². The first kappa shape index (κ1) is 23.6. The molecule has 1 aliphatic rings. The normalized spacial score (nSPS) is 14.3. The molecule has 0 fully saturated rings. The lowest BCUT2D eigenvalue weighted by atomic mass is 9.94. The van der Waals surface area contributed by atoms with Crippen molar-refractivity contribution in [2.75, 3.05) is 6.54 Å². The molecule has 1 unspecified atom stereocenters. The third-order valence-electron chi connectivity index (χ3n) is 5.78. The molecular weight excluding hydrogens is 426 g/mol. The molecule has 5 heteroatoms. The number of hydrogen-bond donors (Lipinski definition) is 0. The number of carbonyl (C=O) groups is 2. The van der Waals surface area contributed by atoms with Crippen LogP contribution in [0, 0.1) is 0 Å². The third kappa shape index (κ3) is 5.84. The van der Waals surface area contributed by atoms with Gasteiger partial charge in [0.05, 0.1) is 12.5 Å². The second-order valence-electron chi connectivity index (χ2n) is 9.56. The maximum Gasteiger partial charge on any atom is 0.308 e. The SMILES string of the molecule is CC(C)(C)OC(=O)CC(c1ccccc1)N1CCc2cc(OCc3ccccc3)ccc2C1=O. The largest absolute Gasteiger partial charge is 0.489 e. The Kier molecular flexibility index (Phi) is 7.01. The van der Waals surface area contributed by atoms with E-state index in [9.17, 15) is 9.59 Å². The average molecular weight is 458 g/mol. The first-order valence-electron chi connectivity index (χ1n) is 11.7. The molecular formula is C29H31NO4. The molecule has 1 amide bonds.